The van der Waals surface area contributed by atoms with Crippen LogP contribution in [0.1, 0.15) is 30.9 Å². The van der Waals surface area contributed by atoms with Gasteiger partial charge in [-0.25, -0.2) is 0 Å². The molecule has 0 atom stereocenters. The molecule has 0 radical (unpaired) electrons. The molecule has 0 unspecified atom stereocenters. The molecule has 24 heavy (non-hydrogen) atoms. The van der Waals surface area contributed by atoms with Gasteiger partial charge in [-0.2, -0.15) is 13.2 Å². The van der Waals surface area contributed by atoms with Gasteiger partial charge in [0.2, 0.25) is 0 Å². The molecule has 1 aromatic rings. The van der Waals surface area contributed by atoms with E-state index in [2.05, 4.69) is 15.6 Å². The van der Waals surface area contributed by atoms with Gasteiger partial charge in [-0.05, 0) is 31.4 Å². The van der Waals surface area contributed by atoms with E-state index in [9.17, 15) is 13.2 Å². The predicted octanol–water partition coefficient (Wildman–Crippen LogP) is 2.94. The van der Waals surface area contributed by atoms with Crippen molar-refractivity contribution in [3.63, 3.8) is 0 Å². The molecular formula is C17H24F3N3O. The fourth-order valence-corrected chi connectivity index (χ4v) is 2.56. The molecule has 1 aromatic carbocycles. The number of alkyl halides is 3. The first-order valence-corrected chi connectivity index (χ1v) is 8.10. The van der Waals surface area contributed by atoms with E-state index in [1.54, 1.807) is 13.2 Å². The topological polar surface area (TPSA) is 45.7 Å². The van der Waals surface area contributed by atoms with Crippen molar-refractivity contribution in [2.24, 2.45) is 4.99 Å². The van der Waals surface area contributed by atoms with Crippen molar-refractivity contribution in [1.29, 1.82) is 0 Å². The van der Waals surface area contributed by atoms with Crippen molar-refractivity contribution in [2.45, 2.75) is 31.4 Å². The lowest BCUT2D eigenvalue weighted by atomic mass is 9.94. The molecule has 1 aliphatic rings. The summed E-state index contributed by atoms with van der Waals surface area (Å²) in [4.78, 5) is 4.55. The van der Waals surface area contributed by atoms with Gasteiger partial charge >= 0.3 is 6.18 Å². The van der Waals surface area contributed by atoms with Gasteiger partial charge in [0.1, 0.15) is 0 Å². The molecular weight excluding hydrogens is 319 g/mol. The number of guanidine groups is 1. The molecule has 0 spiro atoms. The molecule has 7 heteroatoms. The summed E-state index contributed by atoms with van der Waals surface area (Å²) in [5.41, 5.74) is -0.153. The lowest BCUT2D eigenvalue weighted by Gasteiger charge is -2.17. The van der Waals surface area contributed by atoms with Crippen LogP contribution in [0.2, 0.25) is 0 Å². The minimum absolute atomic E-state index is 0.273. The van der Waals surface area contributed by atoms with Crippen molar-refractivity contribution in [2.75, 3.05) is 33.4 Å². The summed E-state index contributed by atoms with van der Waals surface area (Å²) < 4.78 is 43.7. The molecule has 0 aromatic heterocycles. The van der Waals surface area contributed by atoms with E-state index in [1.165, 1.54) is 12.1 Å². The molecule has 0 aliphatic heterocycles. The van der Waals surface area contributed by atoms with Crippen molar-refractivity contribution in [3.8, 4) is 0 Å². The van der Waals surface area contributed by atoms with Crippen molar-refractivity contribution in [3.05, 3.63) is 35.4 Å². The number of methoxy groups -OCH3 is 1. The zero-order valence-electron chi connectivity index (χ0n) is 14.0. The second-order valence-electron chi connectivity index (χ2n) is 5.97. The van der Waals surface area contributed by atoms with E-state index in [0.717, 1.165) is 25.5 Å². The third-order valence-corrected chi connectivity index (χ3v) is 4.14. The molecule has 4 nitrogen and oxygen atoms in total. The summed E-state index contributed by atoms with van der Waals surface area (Å²) in [6.07, 6.45) is -2.60. The molecule has 2 rings (SSSR count). The third kappa shape index (κ3) is 4.87. The first kappa shape index (κ1) is 18.6. The Morgan fingerprint density at radius 1 is 1.29 bits per heavy atom. The summed E-state index contributed by atoms with van der Waals surface area (Å²) in [5.74, 6) is 0.660. The average Bonchev–Trinajstić information content (AvgIpc) is 3.33. The van der Waals surface area contributed by atoms with Crippen LogP contribution in [0.4, 0.5) is 13.2 Å². The number of halogens is 3. The highest BCUT2D eigenvalue weighted by molar-refractivity contribution is 5.79. The fourth-order valence-electron chi connectivity index (χ4n) is 2.56. The number of aliphatic imine (C=N–C) groups is 1. The Kier molecular flexibility index (Phi) is 6.10. The molecule has 1 fully saturated rings. The summed E-state index contributed by atoms with van der Waals surface area (Å²) in [5, 5.41) is 6.28. The second-order valence-corrected chi connectivity index (χ2v) is 5.97. The van der Waals surface area contributed by atoms with Crippen LogP contribution < -0.4 is 10.6 Å². The number of nitrogens with one attached hydrogen (secondary N) is 2. The van der Waals surface area contributed by atoms with Crippen molar-refractivity contribution < 1.29 is 17.9 Å². The highest BCUT2D eigenvalue weighted by Crippen LogP contribution is 2.49. The van der Waals surface area contributed by atoms with Gasteiger partial charge in [0.15, 0.2) is 5.96 Å². The Morgan fingerprint density at radius 2 is 2.04 bits per heavy atom. The zero-order chi connectivity index (χ0) is 17.6. The van der Waals surface area contributed by atoms with Gasteiger partial charge in [0.25, 0.3) is 0 Å². The first-order chi connectivity index (χ1) is 11.4. The smallest absolute Gasteiger partial charge is 0.383 e. The Labute approximate surface area is 140 Å². The summed E-state index contributed by atoms with van der Waals surface area (Å²) in [6, 6.07) is 5.61. The normalized spacial score (nSPS) is 16.8. The number of hydrogen-bond acceptors (Lipinski definition) is 2. The van der Waals surface area contributed by atoms with Gasteiger partial charge in [0.05, 0.1) is 18.7 Å². The van der Waals surface area contributed by atoms with Gasteiger partial charge in [-0.3, -0.25) is 4.99 Å². The largest absolute Gasteiger partial charge is 0.416 e. The Hall–Kier alpha value is -1.76. The maximum Gasteiger partial charge on any atom is 0.416 e. The van der Waals surface area contributed by atoms with Crippen LogP contribution >= 0.6 is 0 Å². The minimum Gasteiger partial charge on any atom is -0.383 e. The quantitative estimate of drug-likeness (QED) is 0.455. The molecule has 0 amide bonds. The van der Waals surface area contributed by atoms with Crippen molar-refractivity contribution >= 4 is 5.96 Å². The SMILES string of the molecule is CCNC(=NCC1(c2cccc(C(F)(F)F)c2)CC1)NCCOC. The summed E-state index contributed by atoms with van der Waals surface area (Å²) in [7, 11) is 1.62. The highest BCUT2D eigenvalue weighted by atomic mass is 19.4. The van der Waals surface area contributed by atoms with Crippen LogP contribution in [-0.2, 0) is 16.3 Å². The Balaban J connectivity index is 2.09. The van der Waals surface area contributed by atoms with Gasteiger partial charge in [-0.1, -0.05) is 18.2 Å². The first-order valence-electron chi connectivity index (χ1n) is 8.10. The Morgan fingerprint density at radius 3 is 2.62 bits per heavy atom. The van der Waals surface area contributed by atoms with Gasteiger partial charge in [0, 0.05) is 25.6 Å². The fraction of sp³-hybridized carbons (Fsp3) is 0.588. The number of hydrogen-bond donors (Lipinski definition) is 2. The third-order valence-electron chi connectivity index (χ3n) is 4.14. The minimum atomic E-state index is -4.31. The summed E-state index contributed by atoms with van der Waals surface area (Å²) in [6.45, 7) is 4.33. The van der Waals surface area contributed by atoms with Crippen LogP contribution in [0.3, 0.4) is 0 Å². The maximum absolute atomic E-state index is 12.9. The second kappa shape index (κ2) is 7.88. The van der Waals surface area contributed by atoms with E-state index < -0.39 is 11.7 Å². The van der Waals surface area contributed by atoms with E-state index in [1.807, 2.05) is 6.92 Å². The molecule has 0 saturated heterocycles. The standard InChI is InChI=1S/C17H24F3N3O/c1-3-21-15(22-9-10-24-2)23-12-16(7-8-16)13-5-4-6-14(11-13)17(18,19)20/h4-6,11H,3,7-10,12H2,1-2H3,(H2,21,22,23). The van der Waals surface area contributed by atoms with Gasteiger partial charge in [-0.15, -0.1) is 0 Å². The van der Waals surface area contributed by atoms with Crippen LogP contribution in [0, 0.1) is 0 Å². The zero-order valence-corrected chi connectivity index (χ0v) is 14.0. The molecule has 134 valence electrons. The van der Waals surface area contributed by atoms with E-state index in [-0.39, 0.29) is 5.41 Å². The number of nitrogens with zero attached hydrogens (tertiary/aromatic N) is 1. The molecule has 0 bridgehead atoms. The predicted molar refractivity (Wildman–Crippen MR) is 88.2 cm³/mol. The van der Waals surface area contributed by atoms with Crippen LogP contribution in [0.25, 0.3) is 0 Å². The number of rotatable bonds is 7. The summed E-state index contributed by atoms with van der Waals surface area (Å²) >= 11 is 0. The molecule has 2 N–H and O–H groups in total. The lowest BCUT2D eigenvalue weighted by molar-refractivity contribution is -0.137. The van der Waals surface area contributed by atoms with E-state index >= 15 is 0 Å². The number of ether oxygens (including phenoxy) is 1. The molecule has 1 aliphatic carbocycles. The monoisotopic (exact) mass is 343 g/mol. The van der Waals surface area contributed by atoms with Crippen LogP contribution in [-0.4, -0.2) is 39.3 Å². The van der Waals surface area contributed by atoms with Gasteiger partial charge < -0.3 is 15.4 Å². The van der Waals surface area contributed by atoms with Crippen LogP contribution in [0.15, 0.2) is 29.3 Å². The van der Waals surface area contributed by atoms with Crippen LogP contribution in [0.5, 0.6) is 0 Å². The molecule has 1 saturated carbocycles. The number of benzene rings is 1. The van der Waals surface area contributed by atoms with E-state index in [4.69, 9.17) is 4.74 Å². The van der Waals surface area contributed by atoms with E-state index in [0.29, 0.717) is 31.2 Å². The van der Waals surface area contributed by atoms with Crippen molar-refractivity contribution in [1.82, 2.24) is 10.6 Å². The average molecular weight is 343 g/mol. The Bertz CT molecular complexity index is 568. The maximum atomic E-state index is 12.9. The lowest BCUT2D eigenvalue weighted by Crippen LogP contribution is -2.39. The highest BCUT2D eigenvalue weighted by Gasteiger charge is 2.45. The molecule has 0 heterocycles.